The monoisotopic (exact) mass is 188 g/mol. The van der Waals surface area contributed by atoms with E-state index in [0.29, 0.717) is 13.2 Å². The Labute approximate surface area is 80.0 Å². The summed E-state index contributed by atoms with van der Waals surface area (Å²) in [6.45, 7) is 3.40. The fourth-order valence-electron chi connectivity index (χ4n) is 1.46. The Hall–Kier alpha value is -0.160. The second-order valence-corrected chi connectivity index (χ2v) is 3.37. The summed E-state index contributed by atoms with van der Waals surface area (Å²) < 4.78 is 10.7. The van der Waals surface area contributed by atoms with Crippen molar-refractivity contribution in [2.75, 3.05) is 40.5 Å². The fraction of sp³-hybridized carbons (Fsp3) is 1.00. The molecule has 1 heterocycles. The highest BCUT2D eigenvalue weighted by Gasteiger charge is 2.36. The Morgan fingerprint density at radius 3 is 2.69 bits per heavy atom. The van der Waals surface area contributed by atoms with Crippen LogP contribution in [0.15, 0.2) is 0 Å². The van der Waals surface area contributed by atoms with E-state index in [0.717, 1.165) is 25.9 Å². The summed E-state index contributed by atoms with van der Waals surface area (Å²) in [5, 5.41) is 6.47. The number of methoxy groups -OCH3 is 1. The van der Waals surface area contributed by atoms with Gasteiger partial charge in [-0.15, -0.1) is 0 Å². The average Bonchev–Trinajstić information content (AvgIpc) is 2.08. The van der Waals surface area contributed by atoms with Crippen LogP contribution >= 0.6 is 0 Å². The van der Waals surface area contributed by atoms with Crippen molar-refractivity contribution in [1.82, 2.24) is 10.6 Å². The molecule has 2 N–H and O–H groups in total. The van der Waals surface area contributed by atoms with Crippen molar-refractivity contribution in [1.29, 1.82) is 0 Å². The predicted molar refractivity (Wildman–Crippen MR) is 51.7 cm³/mol. The topological polar surface area (TPSA) is 42.5 Å². The lowest BCUT2D eigenvalue weighted by molar-refractivity contribution is -0.130. The smallest absolute Gasteiger partial charge is 0.121 e. The lowest BCUT2D eigenvalue weighted by Gasteiger charge is -2.43. The molecule has 78 valence electrons. The van der Waals surface area contributed by atoms with Gasteiger partial charge in [0.25, 0.3) is 0 Å². The van der Waals surface area contributed by atoms with E-state index >= 15 is 0 Å². The van der Waals surface area contributed by atoms with Crippen molar-refractivity contribution in [2.45, 2.75) is 18.6 Å². The molecule has 0 saturated carbocycles. The van der Waals surface area contributed by atoms with Crippen LogP contribution in [0.4, 0.5) is 0 Å². The molecule has 0 spiro atoms. The largest absolute Gasteiger partial charge is 0.382 e. The van der Waals surface area contributed by atoms with E-state index in [9.17, 15) is 0 Å². The number of rotatable bonds is 7. The van der Waals surface area contributed by atoms with Gasteiger partial charge < -0.3 is 14.8 Å². The molecule has 0 aromatic heterocycles. The van der Waals surface area contributed by atoms with Crippen LogP contribution in [0.1, 0.15) is 12.8 Å². The second-order valence-electron chi connectivity index (χ2n) is 3.37. The minimum Gasteiger partial charge on any atom is -0.382 e. The van der Waals surface area contributed by atoms with Crippen molar-refractivity contribution in [2.24, 2.45) is 0 Å². The van der Waals surface area contributed by atoms with Gasteiger partial charge in [0.2, 0.25) is 0 Å². The molecule has 0 aromatic carbocycles. The van der Waals surface area contributed by atoms with Crippen molar-refractivity contribution >= 4 is 0 Å². The molecule has 1 unspecified atom stereocenters. The molecule has 0 aromatic rings. The van der Waals surface area contributed by atoms with Gasteiger partial charge in [-0.1, -0.05) is 0 Å². The Bertz CT molecular complexity index is 138. The molecule has 1 atom stereocenters. The highest BCUT2D eigenvalue weighted by molar-refractivity contribution is 4.88. The van der Waals surface area contributed by atoms with E-state index in [-0.39, 0.29) is 5.72 Å². The van der Waals surface area contributed by atoms with Gasteiger partial charge in [0.1, 0.15) is 5.72 Å². The number of nitrogens with one attached hydrogen (secondary N) is 2. The summed E-state index contributed by atoms with van der Waals surface area (Å²) in [6, 6.07) is 0. The standard InChI is InChI=1S/C9H20N2O2/c1-10-5-3-9(4-6-11-9)13-8-7-12-2/h10-11H,3-8H2,1-2H3. The molecule has 0 aliphatic carbocycles. The average molecular weight is 188 g/mol. The second kappa shape index (κ2) is 5.54. The summed E-state index contributed by atoms with van der Waals surface area (Å²) in [4.78, 5) is 0. The predicted octanol–water partition coefficient (Wildman–Crippen LogP) is -0.0515. The molecule has 1 aliphatic heterocycles. The molecule has 1 saturated heterocycles. The third-order valence-electron chi connectivity index (χ3n) is 2.42. The van der Waals surface area contributed by atoms with E-state index < -0.39 is 0 Å². The van der Waals surface area contributed by atoms with Crippen molar-refractivity contribution in [3.63, 3.8) is 0 Å². The molecular formula is C9H20N2O2. The number of hydrogen-bond acceptors (Lipinski definition) is 4. The van der Waals surface area contributed by atoms with Gasteiger partial charge in [-0.25, -0.2) is 0 Å². The quantitative estimate of drug-likeness (QED) is 0.550. The Balaban J connectivity index is 2.15. The van der Waals surface area contributed by atoms with Crippen LogP contribution in [-0.4, -0.2) is 46.2 Å². The molecule has 1 rings (SSSR count). The Morgan fingerprint density at radius 2 is 2.23 bits per heavy atom. The van der Waals surface area contributed by atoms with E-state index in [1.165, 1.54) is 0 Å². The normalized spacial score (nSPS) is 27.2. The summed E-state index contributed by atoms with van der Waals surface area (Å²) in [5.74, 6) is 0. The zero-order valence-electron chi connectivity index (χ0n) is 8.56. The maximum absolute atomic E-state index is 5.73. The van der Waals surface area contributed by atoms with Gasteiger partial charge in [-0.2, -0.15) is 0 Å². The zero-order chi connectivity index (χ0) is 9.57. The lowest BCUT2D eigenvalue weighted by Crippen LogP contribution is -2.60. The first-order chi connectivity index (χ1) is 6.33. The van der Waals surface area contributed by atoms with Gasteiger partial charge in [0.15, 0.2) is 0 Å². The minimum atomic E-state index is -0.0679. The van der Waals surface area contributed by atoms with Crippen LogP contribution in [0.25, 0.3) is 0 Å². The lowest BCUT2D eigenvalue weighted by atomic mass is 9.98. The first-order valence-corrected chi connectivity index (χ1v) is 4.85. The van der Waals surface area contributed by atoms with Gasteiger partial charge in [0, 0.05) is 26.5 Å². The molecular weight excluding hydrogens is 168 g/mol. The van der Waals surface area contributed by atoms with Gasteiger partial charge >= 0.3 is 0 Å². The van der Waals surface area contributed by atoms with Crippen LogP contribution in [0, 0.1) is 0 Å². The third-order valence-corrected chi connectivity index (χ3v) is 2.42. The third kappa shape index (κ3) is 3.23. The molecule has 4 heteroatoms. The maximum atomic E-state index is 5.73. The van der Waals surface area contributed by atoms with E-state index in [4.69, 9.17) is 9.47 Å². The molecule has 0 bridgehead atoms. The highest BCUT2D eigenvalue weighted by atomic mass is 16.5. The van der Waals surface area contributed by atoms with Gasteiger partial charge in [-0.05, 0) is 13.6 Å². The Kier molecular flexibility index (Phi) is 4.66. The van der Waals surface area contributed by atoms with Crippen LogP contribution in [-0.2, 0) is 9.47 Å². The van der Waals surface area contributed by atoms with E-state index in [2.05, 4.69) is 10.6 Å². The Morgan fingerprint density at radius 1 is 1.46 bits per heavy atom. The first-order valence-electron chi connectivity index (χ1n) is 4.85. The SMILES string of the molecule is CNCCC1(OCCOC)CCN1. The first kappa shape index (κ1) is 10.9. The van der Waals surface area contributed by atoms with Crippen LogP contribution < -0.4 is 10.6 Å². The molecule has 1 fully saturated rings. The number of hydrogen-bond donors (Lipinski definition) is 2. The molecule has 13 heavy (non-hydrogen) atoms. The molecule has 4 nitrogen and oxygen atoms in total. The van der Waals surface area contributed by atoms with Gasteiger partial charge in [-0.3, -0.25) is 5.32 Å². The maximum Gasteiger partial charge on any atom is 0.121 e. The summed E-state index contributed by atoms with van der Waals surface area (Å²) in [7, 11) is 3.65. The van der Waals surface area contributed by atoms with Crippen molar-refractivity contribution < 1.29 is 9.47 Å². The van der Waals surface area contributed by atoms with Crippen molar-refractivity contribution in [3.05, 3.63) is 0 Å². The molecule has 1 aliphatic rings. The van der Waals surface area contributed by atoms with Crippen LogP contribution in [0.2, 0.25) is 0 Å². The van der Waals surface area contributed by atoms with Crippen molar-refractivity contribution in [3.8, 4) is 0 Å². The van der Waals surface area contributed by atoms with Gasteiger partial charge in [0.05, 0.1) is 13.2 Å². The molecule has 0 amide bonds. The van der Waals surface area contributed by atoms with Crippen LogP contribution in [0.3, 0.4) is 0 Å². The van der Waals surface area contributed by atoms with E-state index in [1.807, 2.05) is 7.05 Å². The summed E-state index contributed by atoms with van der Waals surface area (Å²) in [6.07, 6.45) is 2.13. The minimum absolute atomic E-state index is 0.0679. The summed E-state index contributed by atoms with van der Waals surface area (Å²) >= 11 is 0. The number of ether oxygens (including phenoxy) is 2. The zero-order valence-corrected chi connectivity index (χ0v) is 8.56. The highest BCUT2D eigenvalue weighted by Crippen LogP contribution is 2.23. The summed E-state index contributed by atoms with van der Waals surface area (Å²) in [5.41, 5.74) is -0.0679. The van der Waals surface area contributed by atoms with E-state index in [1.54, 1.807) is 7.11 Å². The molecule has 0 radical (unpaired) electrons. The van der Waals surface area contributed by atoms with Crippen LogP contribution in [0.5, 0.6) is 0 Å². The fourth-order valence-corrected chi connectivity index (χ4v) is 1.46.